The van der Waals surface area contributed by atoms with Gasteiger partial charge >= 0.3 is 17.1 Å². The van der Waals surface area contributed by atoms with Gasteiger partial charge in [0.05, 0.1) is 22.8 Å². The fraction of sp³-hybridized carbons (Fsp3) is 0.125. The normalized spacial score (nSPS) is 10.0. The molecule has 0 bridgehead atoms. The molecule has 6 rings (SSSR count). The van der Waals surface area contributed by atoms with Crippen LogP contribution in [0.25, 0.3) is 45.6 Å². The van der Waals surface area contributed by atoms with E-state index in [1.165, 1.54) is 0 Å². The molecule has 10 heteroatoms. The minimum Gasteiger partial charge on any atom is -1.00 e. The van der Waals surface area contributed by atoms with Crippen LogP contribution in [0.5, 0.6) is 0 Å². The monoisotopic (exact) mass is 622 g/mol. The van der Waals surface area contributed by atoms with Crippen LogP contribution < -0.4 is 12.4 Å². The van der Waals surface area contributed by atoms with Crippen LogP contribution in [0.15, 0.2) is 97.1 Å². The molecule has 1 radical (unpaired) electrons. The van der Waals surface area contributed by atoms with E-state index in [4.69, 9.17) is 0 Å². The summed E-state index contributed by atoms with van der Waals surface area (Å²) in [4.78, 5) is 17.8. The molecule has 0 atom stereocenters. The van der Waals surface area contributed by atoms with Crippen molar-refractivity contribution in [1.82, 2.24) is 40.3 Å². The predicted octanol–water partition coefficient (Wildman–Crippen LogP) is 3.44. The first-order valence-corrected chi connectivity index (χ1v) is 12.9. The smallest absolute Gasteiger partial charge is 1.00 e. The van der Waals surface area contributed by atoms with Gasteiger partial charge in [0.1, 0.15) is 22.8 Å². The number of hydrogen-bond donors (Lipinski definition) is 0. The van der Waals surface area contributed by atoms with Crippen molar-refractivity contribution in [2.45, 2.75) is 27.7 Å². The van der Waals surface area contributed by atoms with Crippen LogP contribution in [0, 0.1) is 27.7 Å². The summed E-state index contributed by atoms with van der Waals surface area (Å²) < 4.78 is 0. The number of aromatic nitrogens is 8. The van der Waals surface area contributed by atoms with Gasteiger partial charge in [0.15, 0.2) is 0 Å². The molecule has 42 heavy (non-hydrogen) atoms. The van der Waals surface area contributed by atoms with Gasteiger partial charge in [-0.2, -0.15) is 0 Å². The van der Waals surface area contributed by atoms with Gasteiger partial charge in [-0.15, -0.1) is 20.4 Å². The second-order valence-electron chi connectivity index (χ2n) is 9.26. The van der Waals surface area contributed by atoms with E-state index in [1.807, 2.05) is 125 Å². The predicted molar refractivity (Wildman–Crippen MR) is 156 cm³/mol. The Hall–Kier alpha value is -4.43. The van der Waals surface area contributed by atoms with Crippen LogP contribution in [-0.4, -0.2) is 40.3 Å². The van der Waals surface area contributed by atoms with Crippen LogP contribution in [-0.2, 0) is 17.1 Å². The number of nitrogens with zero attached hydrogens (tertiary/aromatic N) is 8. The fourth-order valence-corrected chi connectivity index (χ4v) is 3.95. The van der Waals surface area contributed by atoms with Gasteiger partial charge in [0.25, 0.3) is 0 Å². The second kappa shape index (κ2) is 15.0. The summed E-state index contributed by atoms with van der Waals surface area (Å²) in [7, 11) is 0. The molecule has 6 aromatic rings. The summed E-state index contributed by atoms with van der Waals surface area (Å²) >= 11 is 0. The van der Waals surface area contributed by atoms with Crippen LogP contribution >= 0.6 is 0 Å². The van der Waals surface area contributed by atoms with Crippen LogP contribution in [0.3, 0.4) is 0 Å². The average molecular weight is 624 g/mol. The average Bonchev–Trinajstić information content (AvgIpc) is 2.98. The molecule has 0 saturated carbocycles. The molecule has 0 saturated heterocycles. The Balaban J connectivity index is 0.000000220. The van der Waals surface area contributed by atoms with Crippen molar-refractivity contribution >= 4 is 0 Å². The van der Waals surface area contributed by atoms with E-state index in [1.54, 1.807) is 0 Å². The van der Waals surface area contributed by atoms with Crippen molar-refractivity contribution in [3.8, 4) is 45.6 Å². The second-order valence-corrected chi connectivity index (χ2v) is 9.26. The van der Waals surface area contributed by atoms with E-state index in [-0.39, 0.29) is 29.5 Å². The summed E-state index contributed by atoms with van der Waals surface area (Å²) in [6.07, 6.45) is 0. The Bertz CT molecular complexity index is 1490. The summed E-state index contributed by atoms with van der Waals surface area (Å²) in [6.45, 7) is 7.84. The Morgan fingerprint density at radius 3 is 0.690 bits per heavy atom. The summed E-state index contributed by atoms with van der Waals surface area (Å²) in [5.74, 6) is 0. The number of halogens is 1. The van der Waals surface area contributed by atoms with E-state index in [0.717, 1.165) is 68.3 Å². The van der Waals surface area contributed by atoms with Gasteiger partial charge < -0.3 is 12.4 Å². The number of pyridine rings is 4. The molecule has 213 valence electrons. The van der Waals surface area contributed by atoms with E-state index in [0.29, 0.717) is 0 Å². The molecule has 0 unspecified atom stereocenters. The number of aryl methyl sites for hydroxylation is 4. The summed E-state index contributed by atoms with van der Waals surface area (Å²) in [5, 5.41) is 17.0. The zero-order valence-corrected chi connectivity index (χ0v) is 25.2. The van der Waals surface area contributed by atoms with Crippen molar-refractivity contribution in [2.75, 3.05) is 0 Å². The molecule has 0 N–H and O–H groups in total. The first-order valence-electron chi connectivity index (χ1n) is 12.9. The number of rotatable bonds is 4. The SMILES string of the molecule is Cc1cccc(-c2ccc(-c3cccc(C)n3)nn2)n1.Cc1cccc(-c2ccc(-c3cccc(C)n3)nn2)n1.[Cl-].[Cu+2]. The molecule has 6 heterocycles. The quantitative estimate of drug-likeness (QED) is 0.276. The maximum atomic E-state index is 4.44. The molecule has 0 aliphatic heterocycles. The fourth-order valence-electron chi connectivity index (χ4n) is 3.95. The number of hydrogen-bond acceptors (Lipinski definition) is 8. The van der Waals surface area contributed by atoms with Crippen molar-refractivity contribution in [2.24, 2.45) is 0 Å². The standard InChI is InChI=1S/2C16H14N4.ClH.Cu/c2*1-11-5-3-7-13(17-11)15-9-10-16(20-19-15)14-8-4-6-12(2)18-14;;/h2*3-10H,1-2H3;1H;/q;;;+2/p-1. The van der Waals surface area contributed by atoms with Crippen molar-refractivity contribution in [3.05, 3.63) is 120 Å². The van der Waals surface area contributed by atoms with Gasteiger partial charge in [0.2, 0.25) is 0 Å². The summed E-state index contributed by atoms with van der Waals surface area (Å²) in [5.41, 5.74) is 10.3. The van der Waals surface area contributed by atoms with Gasteiger partial charge in [0, 0.05) is 22.8 Å². The van der Waals surface area contributed by atoms with Crippen molar-refractivity contribution < 1.29 is 29.5 Å². The van der Waals surface area contributed by atoms with Gasteiger partial charge in [-0.05, 0) is 100 Å². The first kappa shape index (κ1) is 32.1. The van der Waals surface area contributed by atoms with Gasteiger partial charge in [-0.3, -0.25) is 19.9 Å². The zero-order chi connectivity index (χ0) is 27.9. The van der Waals surface area contributed by atoms with Gasteiger partial charge in [-0.25, -0.2) is 0 Å². The van der Waals surface area contributed by atoms with E-state index in [9.17, 15) is 0 Å². The zero-order valence-electron chi connectivity index (χ0n) is 23.5. The molecule has 0 aromatic carbocycles. The molecule has 0 amide bonds. The van der Waals surface area contributed by atoms with Crippen LogP contribution in [0.2, 0.25) is 0 Å². The molecular formula is C32H28ClCuN8+. The topological polar surface area (TPSA) is 103 Å². The largest absolute Gasteiger partial charge is 2.00 e. The maximum absolute atomic E-state index is 4.44. The van der Waals surface area contributed by atoms with E-state index in [2.05, 4.69) is 40.3 Å². The molecule has 0 spiro atoms. The first-order chi connectivity index (χ1) is 19.4. The minimum absolute atomic E-state index is 0. The third kappa shape index (κ3) is 8.30. The van der Waals surface area contributed by atoms with Crippen LogP contribution in [0.4, 0.5) is 0 Å². The molecular weight excluding hydrogens is 595 g/mol. The Labute approximate surface area is 262 Å². The van der Waals surface area contributed by atoms with Crippen molar-refractivity contribution in [1.29, 1.82) is 0 Å². The molecule has 8 nitrogen and oxygen atoms in total. The third-order valence-electron chi connectivity index (χ3n) is 5.93. The minimum atomic E-state index is 0. The Kier molecular flexibility index (Phi) is 11.4. The Morgan fingerprint density at radius 1 is 0.310 bits per heavy atom. The molecule has 0 aliphatic rings. The van der Waals surface area contributed by atoms with Gasteiger partial charge in [-0.1, -0.05) is 24.3 Å². The molecule has 0 aliphatic carbocycles. The van der Waals surface area contributed by atoms with Crippen molar-refractivity contribution in [3.63, 3.8) is 0 Å². The maximum Gasteiger partial charge on any atom is 2.00 e. The van der Waals surface area contributed by atoms with Crippen LogP contribution in [0.1, 0.15) is 22.8 Å². The summed E-state index contributed by atoms with van der Waals surface area (Å²) in [6, 6.07) is 31.1. The molecule has 0 fully saturated rings. The third-order valence-corrected chi connectivity index (χ3v) is 5.93. The van der Waals surface area contributed by atoms with E-state index < -0.39 is 0 Å². The molecule has 6 aromatic heterocycles. The van der Waals surface area contributed by atoms with E-state index >= 15 is 0 Å². The Morgan fingerprint density at radius 2 is 0.524 bits per heavy atom.